The van der Waals surface area contributed by atoms with Gasteiger partial charge >= 0.3 is 0 Å². The summed E-state index contributed by atoms with van der Waals surface area (Å²) in [4.78, 5) is 0.399. The van der Waals surface area contributed by atoms with Gasteiger partial charge in [0.15, 0.2) is 0 Å². The molecule has 0 amide bonds. The molecule has 0 saturated carbocycles. The summed E-state index contributed by atoms with van der Waals surface area (Å²) in [6, 6.07) is 5.44. The summed E-state index contributed by atoms with van der Waals surface area (Å²) in [5.74, 6) is 0. The Labute approximate surface area is 115 Å². The van der Waals surface area contributed by atoms with E-state index in [1.165, 1.54) is 9.87 Å². The van der Waals surface area contributed by atoms with Gasteiger partial charge in [0, 0.05) is 19.1 Å². The molecule has 0 aliphatic carbocycles. The van der Waals surface area contributed by atoms with E-state index < -0.39 is 10.0 Å². The maximum Gasteiger partial charge on any atom is 0.243 e. The summed E-state index contributed by atoms with van der Waals surface area (Å²) >= 11 is 0. The Morgan fingerprint density at radius 2 is 1.95 bits per heavy atom. The van der Waals surface area contributed by atoms with E-state index >= 15 is 0 Å². The molecule has 19 heavy (non-hydrogen) atoms. The van der Waals surface area contributed by atoms with Gasteiger partial charge in [-0.2, -0.15) is 4.31 Å². The molecule has 0 bridgehead atoms. The predicted molar refractivity (Wildman–Crippen MR) is 76.5 cm³/mol. The van der Waals surface area contributed by atoms with Crippen LogP contribution in [0.5, 0.6) is 0 Å². The van der Waals surface area contributed by atoms with E-state index in [1.54, 1.807) is 6.07 Å². The lowest BCUT2D eigenvalue weighted by molar-refractivity contribution is 0.472. The first-order valence-corrected chi connectivity index (χ1v) is 8.30. The molecule has 4 nitrogen and oxygen atoms in total. The zero-order valence-corrected chi connectivity index (χ0v) is 12.4. The van der Waals surface area contributed by atoms with Crippen LogP contribution in [0.2, 0.25) is 0 Å². The highest BCUT2D eigenvalue weighted by molar-refractivity contribution is 7.89. The van der Waals surface area contributed by atoms with Crippen molar-refractivity contribution in [2.45, 2.75) is 44.0 Å². The number of sulfonamides is 1. The molecule has 1 aromatic carbocycles. The van der Waals surface area contributed by atoms with Gasteiger partial charge in [-0.1, -0.05) is 19.9 Å². The van der Waals surface area contributed by atoms with Crippen LogP contribution in [-0.4, -0.2) is 31.9 Å². The number of rotatable bonds is 4. The fourth-order valence-electron chi connectivity index (χ4n) is 2.56. The van der Waals surface area contributed by atoms with Crippen LogP contribution in [-0.2, 0) is 22.9 Å². The van der Waals surface area contributed by atoms with Crippen LogP contribution in [0.4, 0.5) is 0 Å². The lowest BCUT2D eigenvalue weighted by Gasteiger charge is -2.17. The fourth-order valence-corrected chi connectivity index (χ4v) is 4.12. The van der Waals surface area contributed by atoms with Crippen LogP contribution in [0.15, 0.2) is 23.1 Å². The average molecular weight is 282 g/mol. The van der Waals surface area contributed by atoms with Crippen LogP contribution in [0.1, 0.15) is 31.4 Å². The average Bonchev–Trinajstić information content (AvgIpc) is 2.85. The van der Waals surface area contributed by atoms with Gasteiger partial charge in [-0.15, -0.1) is 0 Å². The number of hydrogen-bond donors (Lipinski definition) is 1. The summed E-state index contributed by atoms with van der Waals surface area (Å²) in [5.41, 5.74) is 8.13. The van der Waals surface area contributed by atoms with E-state index in [4.69, 9.17) is 5.73 Å². The van der Waals surface area contributed by atoms with E-state index in [0.717, 1.165) is 24.8 Å². The number of benzene rings is 1. The van der Waals surface area contributed by atoms with Crippen molar-refractivity contribution in [1.29, 1.82) is 0 Å². The summed E-state index contributed by atoms with van der Waals surface area (Å²) in [5, 5.41) is 0. The van der Waals surface area contributed by atoms with E-state index in [1.807, 2.05) is 12.1 Å². The summed E-state index contributed by atoms with van der Waals surface area (Å²) in [6.45, 7) is 5.10. The van der Waals surface area contributed by atoms with Gasteiger partial charge in [0.1, 0.15) is 0 Å². The Hall–Kier alpha value is -0.910. The molecule has 1 aliphatic rings. The molecule has 1 aliphatic heterocycles. The van der Waals surface area contributed by atoms with Crippen LogP contribution in [0.25, 0.3) is 0 Å². The summed E-state index contributed by atoms with van der Waals surface area (Å²) < 4.78 is 26.5. The normalized spacial score (nSPS) is 20.9. The van der Waals surface area contributed by atoms with Crippen molar-refractivity contribution in [3.05, 3.63) is 29.3 Å². The minimum atomic E-state index is -3.38. The molecule has 2 rings (SSSR count). The molecule has 106 valence electrons. The number of nitrogens with zero attached hydrogens (tertiary/aromatic N) is 1. The minimum Gasteiger partial charge on any atom is -0.326 e. The first-order valence-electron chi connectivity index (χ1n) is 6.86. The van der Waals surface area contributed by atoms with Crippen LogP contribution in [0, 0.1) is 0 Å². The van der Waals surface area contributed by atoms with E-state index in [2.05, 4.69) is 13.8 Å². The molecule has 0 radical (unpaired) electrons. The second kappa shape index (κ2) is 5.61. The quantitative estimate of drug-likeness (QED) is 0.911. The molecule has 1 fully saturated rings. The molecule has 2 N–H and O–H groups in total. The van der Waals surface area contributed by atoms with Crippen molar-refractivity contribution in [3.8, 4) is 0 Å². The van der Waals surface area contributed by atoms with Crippen molar-refractivity contribution < 1.29 is 8.42 Å². The molecular formula is C14H22N2O2S. The molecule has 5 heteroatoms. The van der Waals surface area contributed by atoms with Crippen LogP contribution >= 0.6 is 0 Å². The van der Waals surface area contributed by atoms with Crippen molar-refractivity contribution in [2.24, 2.45) is 5.73 Å². The van der Waals surface area contributed by atoms with E-state index in [-0.39, 0.29) is 6.04 Å². The molecule has 1 atom stereocenters. The third-order valence-corrected chi connectivity index (χ3v) is 5.63. The standard InChI is InChI=1S/C14H22N2O2S/c1-3-11-5-6-14(9-12(11)4-2)19(17,18)16-8-7-13(15)10-16/h5-6,9,13H,3-4,7-8,10,15H2,1-2H3/t13-/m0/s1. The second-order valence-electron chi connectivity index (χ2n) is 5.05. The smallest absolute Gasteiger partial charge is 0.243 e. The Kier molecular flexibility index (Phi) is 4.28. The monoisotopic (exact) mass is 282 g/mol. The molecule has 1 heterocycles. The molecule has 1 aromatic rings. The van der Waals surface area contributed by atoms with Crippen LogP contribution in [0.3, 0.4) is 0 Å². The van der Waals surface area contributed by atoms with E-state index in [0.29, 0.717) is 18.0 Å². The second-order valence-corrected chi connectivity index (χ2v) is 6.99. The lowest BCUT2D eigenvalue weighted by Crippen LogP contribution is -2.32. The molecular weight excluding hydrogens is 260 g/mol. The zero-order valence-electron chi connectivity index (χ0n) is 11.6. The van der Waals surface area contributed by atoms with Gasteiger partial charge in [0.2, 0.25) is 10.0 Å². The Balaban J connectivity index is 2.35. The van der Waals surface area contributed by atoms with Gasteiger partial charge in [0.05, 0.1) is 4.90 Å². The summed E-state index contributed by atoms with van der Waals surface area (Å²) in [7, 11) is -3.38. The van der Waals surface area contributed by atoms with Crippen LogP contribution < -0.4 is 5.73 Å². The lowest BCUT2D eigenvalue weighted by atomic mass is 10.0. The summed E-state index contributed by atoms with van der Waals surface area (Å²) in [6.07, 6.45) is 2.52. The molecule has 0 unspecified atom stereocenters. The SMILES string of the molecule is CCc1ccc(S(=O)(=O)N2CC[C@H](N)C2)cc1CC. The predicted octanol–water partition coefficient (Wildman–Crippen LogP) is 1.53. The molecule has 0 aromatic heterocycles. The van der Waals surface area contributed by atoms with Crippen molar-refractivity contribution >= 4 is 10.0 Å². The van der Waals surface area contributed by atoms with Gasteiger partial charge in [-0.25, -0.2) is 8.42 Å². The Morgan fingerprint density at radius 3 is 2.47 bits per heavy atom. The molecule has 0 spiro atoms. The van der Waals surface area contributed by atoms with Crippen molar-refractivity contribution in [3.63, 3.8) is 0 Å². The Morgan fingerprint density at radius 1 is 1.26 bits per heavy atom. The van der Waals surface area contributed by atoms with Gasteiger partial charge in [-0.05, 0) is 42.5 Å². The van der Waals surface area contributed by atoms with Gasteiger partial charge < -0.3 is 5.73 Å². The largest absolute Gasteiger partial charge is 0.326 e. The van der Waals surface area contributed by atoms with Crippen molar-refractivity contribution in [2.75, 3.05) is 13.1 Å². The van der Waals surface area contributed by atoms with Gasteiger partial charge in [-0.3, -0.25) is 0 Å². The molecule has 1 saturated heterocycles. The highest BCUT2D eigenvalue weighted by Crippen LogP contribution is 2.23. The fraction of sp³-hybridized carbons (Fsp3) is 0.571. The highest BCUT2D eigenvalue weighted by Gasteiger charge is 2.31. The minimum absolute atomic E-state index is 0.0321. The Bertz CT molecular complexity index is 555. The number of nitrogens with two attached hydrogens (primary N) is 1. The first-order chi connectivity index (χ1) is 8.98. The van der Waals surface area contributed by atoms with Gasteiger partial charge in [0.25, 0.3) is 0 Å². The number of aryl methyl sites for hydroxylation is 2. The third-order valence-electron chi connectivity index (χ3n) is 3.76. The maximum absolute atomic E-state index is 12.5. The topological polar surface area (TPSA) is 63.4 Å². The van der Waals surface area contributed by atoms with E-state index in [9.17, 15) is 8.42 Å². The highest BCUT2D eigenvalue weighted by atomic mass is 32.2. The maximum atomic E-state index is 12.5. The number of hydrogen-bond acceptors (Lipinski definition) is 3. The third kappa shape index (κ3) is 2.83. The van der Waals surface area contributed by atoms with Crippen molar-refractivity contribution in [1.82, 2.24) is 4.31 Å². The zero-order chi connectivity index (χ0) is 14.0. The first kappa shape index (κ1) is 14.5.